The number of amides is 1. The molecule has 1 fully saturated rings. The summed E-state index contributed by atoms with van der Waals surface area (Å²) in [4.78, 5) is 19.7. The number of aromatic nitrogens is 1. The Labute approximate surface area is 123 Å². The van der Waals surface area contributed by atoms with Crippen molar-refractivity contribution >= 4 is 16.8 Å². The number of carbonyl (C=O) groups is 1. The predicted octanol–water partition coefficient (Wildman–Crippen LogP) is 2.47. The first-order valence-corrected chi connectivity index (χ1v) is 7.28. The summed E-state index contributed by atoms with van der Waals surface area (Å²) >= 11 is 0. The number of aromatic amines is 1. The van der Waals surface area contributed by atoms with Crippen LogP contribution in [-0.4, -0.2) is 53.9 Å². The van der Waals surface area contributed by atoms with Crippen molar-refractivity contribution in [1.82, 2.24) is 14.8 Å². The van der Waals surface area contributed by atoms with Crippen molar-refractivity contribution in [2.45, 2.75) is 18.9 Å². The van der Waals surface area contributed by atoms with Crippen molar-refractivity contribution in [3.05, 3.63) is 35.8 Å². The maximum absolute atomic E-state index is 13.2. The molecule has 21 heavy (non-hydrogen) atoms. The first-order chi connectivity index (χ1) is 10.0. The monoisotopic (exact) mass is 289 g/mol. The zero-order chi connectivity index (χ0) is 15.0. The van der Waals surface area contributed by atoms with Crippen LogP contribution >= 0.6 is 0 Å². The van der Waals surface area contributed by atoms with Gasteiger partial charge in [0, 0.05) is 24.0 Å². The number of hydrogen-bond acceptors (Lipinski definition) is 2. The maximum Gasteiger partial charge on any atom is 0.270 e. The molecule has 0 unspecified atom stereocenters. The fraction of sp³-hybridized carbons (Fsp3) is 0.438. The highest BCUT2D eigenvalue weighted by atomic mass is 19.1. The van der Waals surface area contributed by atoms with Gasteiger partial charge in [-0.2, -0.15) is 0 Å². The number of benzene rings is 1. The normalized spacial score (nSPS) is 17.3. The Balaban J connectivity index is 1.79. The number of nitrogens with zero attached hydrogens (tertiary/aromatic N) is 2. The van der Waals surface area contributed by atoms with E-state index in [0.717, 1.165) is 36.8 Å². The van der Waals surface area contributed by atoms with Gasteiger partial charge in [-0.25, -0.2) is 4.39 Å². The second-order valence-electron chi connectivity index (χ2n) is 5.87. The largest absolute Gasteiger partial charge is 0.351 e. The summed E-state index contributed by atoms with van der Waals surface area (Å²) in [7, 11) is 3.95. The lowest BCUT2D eigenvalue weighted by Crippen LogP contribution is -2.44. The zero-order valence-electron chi connectivity index (χ0n) is 12.4. The number of fused-ring (bicyclic) bond motifs is 1. The van der Waals surface area contributed by atoms with Crippen molar-refractivity contribution < 1.29 is 9.18 Å². The van der Waals surface area contributed by atoms with Crippen molar-refractivity contribution in [3.63, 3.8) is 0 Å². The van der Waals surface area contributed by atoms with Crippen LogP contribution < -0.4 is 0 Å². The van der Waals surface area contributed by atoms with Crippen LogP contribution in [-0.2, 0) is 0 Å². The van der Waals surface area contributed by atoms with Gasteiger partial charge in [0.2, 0.25) is 0 Å². The molecule has 3 rings (SSSR count). The van der Waals surface area contributed by atoms with Crippen molar-refractivity contribution in [2.75, 3.05) is 27.2 Å². The Bertz CT molecular complexity index is 659. The molecule has 1 N–H and O–H groups in total. The maximum atomic E-state index is 13.2. The van der Waals surface area contributed by atoms with Crippen molar-refractivity contribution in [3.8, 4) is 0 Å². The molecular weight excluding hydrogens is 269 g/mol. The number of halogens is 1. The molecule has 0 radical (unpaired) electrons. The molecule has 2 heterocycles. The average Bonchev–Trinajstić information content (AvgIpc) is 2.89. The smallest absolute Gasteiger partial charge is 0.270 e. The van der Waals surface area contributed by atoms with E-state index in [0.29, 0.717) is 5.69 Å². The van der Waals surface area contributed by atoms with Gasteiger partial charge >= 0.3 is 0 Å². The number of piperidine rings is 1. The van der Waals surface area contributed by atoms with Gasteiger partial charge in [0.1, 0.15) is 11.5 Å². The molecule has 4 nitrogen and oxygen atoms in total. The lowest BCUT2D eigenvalue weighted by atomic mass is 10.0. The molecule has 0 bridgehead atoms. The van der Waals surface area contributed by atoms with Crippen LogP contribution in [0.5, 0.6) is 0 Å². The van der Waals surface area contributed by atoms with Crippen LogP contribution in [0.1, 0.15) is 23.3 Å². The molecule has 112 valence electrons. The highest BCUT2D eigenvalue weighted by molar-refractivity contribution is 5.98. The van der Waals surface area contributed by atoms with Crippen LogP contribution in [0, 0.1) is 5.82 Å². The van der Waals surface area contributed by atoms with Crippen LogP contribution in [0.3, 0.4) is 0 Å². The summed E-state index contributed by atoms with van der Waals surface area (Å²) in [5.74, 6) is -0.315. The standard InChI is InChI=1S/C16H20FN3O/c1-19-7-5-13(6-8-19)20(2)16(21)15-10-11-9-12(17)3-4-14(11)18-15/h3-4,9-10,13,18H,5-8H2,1-2H3. The molecule has 1 saturated heterocycles. The number of likely N-dealkylation sites (tertiary alicyclic amines) is 1. The zero-order valence-corrected chi connectivity index (χ0v) is 12.4. The third-order valence-corrected chi connectivity index (χ3v) is 4.37. The molecule has 1 aromatic heterocycles. The Hall–Kier alpha value is -1.88. The molecule has 1 aromatic carbocycles. The summed E-state index contributed by atoms with van der Waals surface area (Å²) in [5.41, 5.74) is 1.31. The first kappa shape index (κ1) is 14.1. The Morgan fingerprint density at radius 2 is 2.05 bits per heavy atom. The van der Waals surface area contributed by atoms with Crippen LogP contribution in [0.25, 0.3) is 10.9 Å². The third kappa shape index (κ3) is 2.78. The molecule has 1 aliphatic heterocycles. The van der Waals surface area contributed by atoms with Crippen LogP contribution in [0.15, 0.2) is 24.3 Å². The molecule has 0 spiro atoms. The minimum atomic E-state index is -0.288. The topological polar surface area (TPSA) is 39.3 Å². The van der Waals surface area contributed by atoms with E-state index >= 15 is 0 Å². The second-order valence-corrected chi connectivity index (χ2v) is 5.87. The van der Waals surface area contributed by atoms with Crippen LogP contribution in [0.4, 0.5) is 4.39 Å². The van der Waals surface area contributed by atoms with E-state index in [1.165, 1.54) is 12.1 Å². The van der Waals surface area contributed by atoms with Crippen LogP contribution in [0.2, 0.25) is 0 Å². The van der Waals surface area contributed by atoms with Crippen molar-refractivity contribution in [2.24, 2.45) is 0 Å². The fourth-order valence-electron chi connectivity index (χ4n) is 2.96. The van der Waals surface area contributed by atoms with Gasteiger partial charge in [-0.3, -0.25) is 4.79 Å². The van der Waals surface area contributed by atoms with E-state index in [2.05, 4.69) is 16.9 Å². The summed E-state index contributed by atoms with van der Waals surface area (Å²) in [5, 5.41) is 0.732. The summed E-state index contributed by atoms with van der Waals surface area (Å²) in [6, 6.07) is 6.51. The van der Waals surface area contributed by atoms with Gasteiger partial charge in [-0.05, 0) is 57.2 Å². The lowest BCUT2D eigenvalue weighted by Gasteiger charge is -2.34. The second kappa shape index (κ2) is 5.48. The van der Waals surface area contributed by atoms with Gasteiger partial charge in [0.25, 0.3) is 5.91 Å². The van der Waals surface area contributed by atoms with Gasteiger partial charge in [-0.1, -0.05) is 0 Å². The lowest BCUT2D eigenvalue weighted by molar-refractivity contribution is 0.0654. The van der Waals surface area contributed by atoms with Gasteiger partial charge in [0.05, 0.1) is 0 Å². The van der Waals surface area contributed by atoms with Crippen molar-refractivity contribution in [1.29, 1.82) is 0 Å². The SMILES string of the molecule is CN1CCC(N(C)C(=O)c2cc3cc(F)ccc3[nH]2)CC1. The van der Waals surface area contributed by atoms with Gasteiger partial charge in [0.15, 0.2) is 0 Å². The van der Waals surface area contributed by atoms with Gasteiger partial charge < -0.3 is 14.8 Å². The third-order valence-electron chi connectivity index (χ3n) is 4.37. The molecule has 0 aliphatic carbocycles. The molecule has 2 aromatic rings. The molecule has 1 aliphatic rings. The van der Waals surface area contributed by atoms with E-state index in [1.807, 2.05) is 11.9 Å². The fourth-order valence-corrected chi connectivity index (χ4v) is 2.96. The number of carbonyl (C=O) groups excluding carboxylic acids is 1. The minimum absolute atomic E-state index is 0.0267. The number of nitrogens with one attached hydrogen (secondary N) is 1. The highest BCUT2D eigenvalue weighted by Crippen LogP contribution is 2.20. The molecule has 5 heteroatoms. The summed E-state index contributed by atoms with van der Waals surface area (Å²) < 4.78 is 13.2. The van der Waals surface area contributed by atoms with E-state index in [-0.39, 0.29) is 17.8 Å². The quantitative estimate of drug-likeness (QED) is 0.922. The van der Waals surface area contributed by atoms with E-state index in [1.54, 1.807) is 12.1 Å². The Kier molecular flexibility index (Phi) is 3.68. The Morgan fingerprint density at radius 3 is 2.76 bits per heavy atom. The summed E-state index contributed by atoms with van der Waals surface area (Å²) in [6.45, 7) is 2.03. The molecule has 1 amide bonds. The highest BCUT2D eigenvalue weighted by Gasteiger charge is 2.25. The van der Waals surface area contributed by atoms with E-state index < -0.39 is 0 Å². The molecular formula is C16H20FN3O. The van der Waals surface area contributed by atoms with E-state index in [4.69, 9.17) is 0 Å². The summed E-state index contributed by atoms with van der Waals surface area (Å²) in [6.07, 6.45) is 1.99. The van der Waals surface area contributed by atoms with E-state index in [9.17, 15) is 9.18 Å². The predicted molar refractivity (Wildman–Crippen MR) is 80.9 cm³/mol. The number of H-pyrrole nitrogens is 1. The molecule has 0 atom stereocenters. The van der Waals surface area contributed by atoms with Gasteiger partial charge in [-0.15, -0.1) is 0 Å². The first-order valence-electron chi connectivity index (χ1n) is 7.28. The average molecular weight is 289 g/mol. The number of hydrogen-bond donors (Lipinski definition) is 1. The molecule has 0 saturated carbocycles. The number of rotatable bonds is 2. The Morgan fingerprint density at radius 1 is 1.33 bits per heavy atom. The minimum Gasteiger partial charge on any atom is -0.351 e.